The van der Waals surface area contributed by atoms with E-state index < -0.39 is 15.1 Å². The van der Waals surface area contributed by atoms with Crippen LogP contribution in [0.15, 0.2) is 89.8 Å². The SMILES string of the molecule is CC(=O)CC(c1ccccc1)S(=O)(=O)c1ccc(-c2ccccc2)cc1. The molecular weight excluding hydrogens is 344 g/mol. The van der Waals surface area contributed by atoms with E-state index in [1.165, 1.54) is 6.92 Å². The minimum Gasteiger partial charge on any atom is -0.300 e. The topological polar surface area (TPSA) is 51.2 Å². The number of Topliss-reactive ketones (excluding diaryl/α,β-unsaturated/α-hetero) is 1. The second-order valence-corrected chi connectivity index (χ2v) is 8.37. The first-order valence-electron chi connectivity index (χ1n) is 8.42. The second kappa shape index (κ2) is 7.67. The summed E-state index contributed by atoms with van der Waals surface area (Å²) >= 11 is 0. The summed E-state index contributed by atoms with van der Waals surface area (Å²) in [4.78, 5) is 11.9. The van der Waals surface area contributed by atoms with Crippen molar-refractivity contribution in [3.63, 3.8) is 0 Å². The Morgan fingerprint density at radius 1 is 0.769 bits per heavy atom. The number of rotatable bonds is 6. The van der Waals surface area contributed by atoms with Gasteiger partial charge >= 0.3 is 0 Å². The van der Waals surface area contributed by atoms with Crippen molar-refractivity contribution in [2.75, 3.05) is 0 Å². The quantitative estimate of drug-likeness (QED) is 0.628. The number of benzene rings is 3. The third kappa shape index (κ3) is 3.92. The Bertz CT molecular complexity index is 977. The number of carbonyl (C=O) groups excluding carboxylic acids is 1. The Hall–Kier alpha value is -2.72. The van der Waals surface area contributed by atoms with Gasteiger partial charge in [0.25, 0.3) is 0 Å². The zero-order chi connectivity index (χ0) is 18.6. The summed E-state index contributed by atoms with van der Waals surface area (Å²) in [6.07, 6.45) is -0.0349. The fourth-order valence-electron chi connectivity index (χ4n) is 2.97. The van der Waals surface area contributed by atoms with Gasteiger partial charge < -0.3 is 0 Å². The molecule has 3 rings (SSSR count). The molecule has 0 heterocycles. The van der Waals surface area contributed by atoms with Crippen LogP contribution in [0.5, 0.6) is 0 Å². The predicted molar refractivity (Wildman–Crippen MR) is 104 cm³/mol. The van der Waals surface area contributed by atoms with Gasteiger partial charge in [-0.15, -0.1) is 0 Å². The minimum atomic E-state index is -3.67. The molecule has 3 nitrogen and oxygen atoms in total. The maximum absolute atomic E-state index is 13.2. The molecule has 0 aromatic heterocycles. The molecule has 3 aromatic rings. The van der Waals surface area contributed by atoms with Gasteiger partial charge in [0.05, 0.1) is 10.1 Å². The zero-order valence-corrected chi connectivity index (χ0v) is 15.3. The fourth-order valence-corrected chi connectivity index (χ4v) is 4.78. The van der Waals surface area contributed by atoms with Crippen LogP contribution in [0.4, 0.5) is 0 Å². The lowest BCUT2D eigenvalue weighted by Gasteiger charge is -2.17. The van der Waals surface area contributed by atoms with Gasteiger partial charge in [0.1, 0.15) is 5.78 Å². The van der Waals surface area contributed by atoms with E-state index in [2.05, 4.69) is 0 Å². The average molecular weight is 364 g/mol. The monoisotopic (exact) mass is 364 g/mol. The van der Waals surface area contributed by atoms with Crippen LogP contribution in [0, 0.1) is 0 Å². The largest absolute Gasteiger partial charge is 0.300 e. The highest BCUT2D eigenvalue weighted by Gasteiger charge is 2.30. The molecule has 0 fully saturated rings. The van der Waals surface area contributed by atoms with E-state index in [9.17, 15) is 13.2 Å². The summed E-state index contributed by atoms with van der Waals surface area (Å²) in [6, 6.07) is 25.5. The number of ketones is 1. The molecule has 132 valence electrons. The van der Waals surface area contributed by atoms with Gasteiger partial charge in [0, 0.05) is 6.42 Å². The van der Waals surface area contributed by atoms with E-state index in [-0.39, 0.29) is 17.1 Å². The van der Waals surface area contributed by atoms with Crippen LogP contribution in [0.25, 0.3) is 11.1 Å². The predicted octanol–water partition coefficient (Wildman–Crippen LogP) is 4.85. The molecule has 3 aromatic carbocycles. The molecule has 1 atom stereocenters. The van der Waals surface area contributed by atoms with Gasteiger partial charge in [-0.3, -0.25) is 4.79 Å². The molecule has 0 saturated heterocycles. The second-order valence-electron chi connectivity index (χ2n) is 6.24. The maximum Gasteiger partial charge on any atom is 0.185 e. The Morgan fingerprint density at radius 2 is 1.27 bits per heavy atom. The van der Waals surface area contributed by atoms with Crippen LogP contribution in [0.1, 0.15) is 24.2 Å². The van der Waals surface area contributed by atoms with E-state index in [0.717, 1.165) is 11.1 Å². The van der Waals surface area contributed by atoms with Gasteiger partial charge in [-0.05, 0) is 35.7 Å². The summed E-state index contributed by atoms with van der Waals surface area (Å²) in [5.74, 6) is -0.150. The smallest absolute Gasteiger partial charge is 0.185 e. The number of carbonyl (C=O) groups is 1. The third-order valence-corrected chi connectivity index (χ3v) is 6.43. The van der Waals surface area contributed by atoms with Crippen molar-refractivity contribution in [2.45, 2.75) is 23.5 Å². The van der Waals surface area contributed by atoms with Crippen molar-refractivity contribution in [2.24, 2.45) is 0 Å². The Labute approximate surface area is 154 Å². The molecule has 1 unspecified atom stereocenters. The number of sulfone groups is 1. The lowest BCUT2D eigenvalue weighted by molar-refractivity contribution is -0.117. The summed E-state index contributed by atoms with van der Waals surface area (Å²) in [5, 5.41) is -0.872. The Morgan fingerprint density at radius 3 is 1.81 bits per heavy atom. The molecule has 0 radical (unpaired) electrons. The van der Waals surface area contributed by atoms with E-state index >= 15 is 0 Å². The normalized spacial score (nSPS) is 12.5. The summed E-state index contributed by atoms with van der Waals surface area (Å²) < 4.78 is 26.3. The fraction of sp³-hybridized carbons (Fsp3) is 0.136. The number of hydrogen-bond acceptors (Lipinski definition) is 3. The highest BCUT2D eigenvalue weighted by atomic mass is 32.2. The molecule has 0 aliphatic heterocycles. The van der Waals surface area contributed by atoms with Gasteiger partial charge in [-0.25, -0.2) is 8.42 Å². The van der Waals surface area contributed by atoms with Crippen LogP contribution in [0.3, 0.4) is 0 Å². The van der Waals surface area contributed by atoms with Crippen LogP contribution in [-0.4, -0.2) is 14.2 Å². The first-order valence-corrected chi connectivity index (χ1v) is 9.97. The highest BCUT2D eigenvalue weighted by molar-refractivity contribution is 7.91. The highest BCUT2D eigenvalue weighted by Crippen LogP contribution is 2.33. The number of hydrogen-bond donors (Lipinski definition) is 0. The van der Waals surface area contributed by atoms with Crippen molar-refractivity contribution < 1.29 is 13.2 Å². The Kier molecular flexibility index (Phi) is 5.33. The molecule has 0 bridgehead atoms. The molecule has 0 aliphatic carbocycles. The molecular formula is C22H20O3S. The van der Waals surface area contributed by atoms with Crippen molar-refractivity contribution >= 4 is 15.6 Å². The van der Waals surface area contributed by atoms with Crippen LogP contribution < -0.4 is 0 Å². The average Bonchev–Trinajstić information content (AvgIpc) is 2.67. The first-order chi connectivity index (χ1) is 12.5. The van der Waals surface area contributed by atoms with Crippen molar-refractivity contribution in [1.29, 1.82) is 0 Å². The molecule has 0 aliphatic rings. The van der Waals surface area contributed by atoms with Gasteiger partial charge in [-0.1, -0.05) is 72.8 Å². The van der Waals surface area contributed by atoms with Crippen LogP contribution in [0.2, 0.25) is 0 Å². The Balaban J connectivity index is 1.98. The summed E-state index contributed by atoms with van der Waals surface area (Å²) in [6.45, 7) is 1.42. The van der Waals surface area contributed by atoms with E-state index in [0.29, 0.717) is 5.56 Å². The molecule has 0 N–H and O–H groups in total. The molecule has 0 amide bonds. The standard InChI is InChI=1S/C22H20O3S/c1-17(23)16-22(20-10-6-3-7-11-20)26(24,25)21-14-12-19(13-15-21)18-8-4-2-5-9-18/h2-15,22H,16H2,1H3. The maximum atomic E-state index is 13.2. The van der Waals surface area contributed by atoms with Crippen molar-refractivity contribution in [3.05, 3.63) is 90.5 Å². The minimum absolute atomic E-state index is 0.0349. The van der Waals surface area contributed by atoms with Gasteiger partial charge in [0.15, 0.2) is 9.84 Å². The van der Waals surface area contributed by atoms with Crippen LogP contribution >= 0.6 is 0 Å². The van der Waals surface area contributed by atoms with E-state index in [4.69, 9.17) is 0 Å². The summed E-state index contributed by atoms with van der Waals surface area (Å²) in [5.41, 5.74) is 2.61. The lowest BCUT2D eigenvalue weighted by Crippen LogP contribution is -2.16. The van der Waals surface area contributed by atoms with E-state index in [1.54, 1.807) is 48.5 Å². The summed E-state index contributed by atoms with van der Waals surface area (Å²) in [7, 11) is -3.67. The van der Waals surface area contributed by atoms with Crippen molar-refractivity contribution in [3.8, 4) is 11.1 Å². The van der Waals surface area contributed by atoms with Crippen LogP contribution in [-0.2, 0) is 14.6 Å². The first kappa shape index (κ1) is 18.1. The molecule has 0 saturated carbocycles. The zero-order valence-electron chi connectivity index (χ0n) is 14.5. The van der Waals surface area contributed by atoms with Gasteiger partial charge in [-0.2, -0.15) is 0 Å². The molecule has 4 heteroatoms. The molecule has 26 heavy (non-hydrogen) atoms. The third-order valence-electron chi connectivity index (χ3n) is 4.31. The van der Waals surface area contributed by atoms with E-state index in [1.807, 2.05) is 36.4 Å². The van der Waals surface area contributed by atoms with Gasteiger partial charge in [0.2, 0.25) is 0 Å². The molecule has 0 spiro atoms. The van der Waals surface area contributed by atoms with Crippen molar-refractivity contribution in [1.82, 2.24) is 0 Å². The lowest BCUT2D eigenvalue weighted by atomic mass is 10.1.